The molecular formula is C16H27N3. The molecule has 1 aliphatic rings. The van der Waals surface area contributed by atoms with E-state index in [0.717, 1.165) is 18.8 Å². The first-order chi connectivity index (χ1) is 9.20. The predicted octanol–water partition coefficient (Wildman–Crippen LogP) is 2.99. The predicted molar refractivity (Wildman–Crippen MR) is 81.4 cm³/mol. The molecule has 0 amide bonds. The number of hydrogen-bond donors (Lipinski definition) is 1. The van der Waals surface area contributed by atoms with Crippen molar-refractivity contribution in [3.05, 3.63) is 23.9 Å². The summed E-state index contributed by atoms with van der Waals surface area (Å²) >= 11 is 0. The van der Waals surface area contributed by atoms with Crippen LogP contribution in [0.2, 0.25) is 0 Å². The van der Waals surface area contributed by atoms with Crippen molar-refractivity contribution in [2.45, 2.75) is 52.0 Å². The van der Waals surface area contributed by atoms with Gasteiger partial charge < -0.3 is 10.6 Å². The van der Waals surface area contributed by atoms with Gasteiger partial charge in [0.1, 0.15) is 5.82 Å². The fourth-order valence-corrected chi connectivity index (χ4v) is 2.94. The molecule has 1 aromatic heterocycles. The highest BCUT2D eigenvalue weighted by atomic mass is 15.2. The van der Waals surface area contributed by atoms with E-state index < -0.39 is 0 Å². The monoisotopic (exact) mass is 261 g/mol. The number of rotatable bonds is 6. The van der Waals surface area contributed by atoms with Crippen LogP contribution in [0.4, 0.5) is 5.82 Å². The Hall–Kier alpha value is -1.09. The normalized spacial score (nSPS) is 16.2. The third-order valence-electron chi connectivity index (χ3n) is 3.86. The highest BCUT2D eigenvalue weighted by Crippen LogP contribution is 2.28. The zero-order chi connectivity index (χ0) is 13.7. The number of aromatic nitrogens is 1. The largest absolute Gasteiger partial charge is 0.353 e. The van der Waals surface area contributed by atoms with Crippen molar-refractivity contribution in [1.29, 1.82) is 0 Å². The lowest BCUT2D eigenvalue weighted by molar-refractivity contribution is 0.531. The van der Waals surface area contributed by atoms with E-state index in [9.17, 15) is 0 Å². The standard InChI is InChI=1S/C16H27N3/c1-13(2)12-19(15-5-3-4-6-15)16-8-7-14(9-10-17)11-18-16/h7-8,11,13,15H,3-6,9-10,12,17H2,1-2H3. The molecule has 2 N–H and O–H groups in total. The van der Waals surface area contributed by atoms with E-state index in [-0.39, 0.29) is 0 Å². The highest BCUT2D eigenvalue weighted by molar-refractivity contribution is 5.41. The maximum atomic E-state index is 5.59. The quantitative estimate of drug-likeness (QED) is 0.856. The van der Waals surface area contributed by atoms with Crippen LogP contribution in [-0.4, -0.2) is 24.1 Å². The summed E-state index contributed by atoms with van der Waals surface area (Å²) in [5, 5.41) is 0. The molecule has 1 aliphatic carbocycles. The number of hydrogen-bond acceptors (Lipinski definition) is 3. The summed E-state index contributed by atoms with van der Waals surface area (Å²) in [6.07, 6.45) is 8.28. The van der Waals surface area contributed by atoms with Crippen LogP contribution in [-0.2, 0) is 6.42 Å². The van der Waals surface area contributed by atoms with Gasteiger partial charge in [0.05, 0.1) is 0 Å². The summed E-state index contributed by atoms with van der Waals surface area (Å²) in [6, 6.07) is 5.04. The second-order valence-corrected chi connectivity index (χ2v) is 6.05. The highest BCUT2D eigenvalue weighted by Gasteiger charge is 2.24. The Bertz CT molecular complexity index is 366. The van der Waals surface area contributed by atoms with Crippen LogP contribution in [0.25, 0.3) is 0 Å². The van der Waals surface area contributed by atoms with Crippen molar-refractivity contribution in [1.82, 2.24) is 4.98 Å². The summed E-state index contributed by atoms with van der Waals surface area (Å²) in [4.78, 5) is 7.18. The molecule has 0 radical (unpaired) electrons. The van der Waals surface area contributed by atoms with E-state index >= 15 is 0 Å². The van der Waals surface area contributed by atoms with Gasteiger partial charge in [-0.25, -0.2) is 4.98 Å². The van der Waals surface area contributed by atoms with Gasteiger partial charge >= 0.3 is 0 Å². The Labute approximate surface area is 117 Å². The van der Waals surface area contributed by atoms with Crippen LogP contribution < -0.4 is 10.6 Å². The SMILES string of the molecule is CC(C)CN(c1ccc(CCN)cn1)C1CCCC1. The average molecular weight is 261 g/mol. The first-order valence-corrected chi connectivity index (χ1v) is 7.62. The third kappa shape index (κ3) is 3.93. The van der Waals surface area contributed by atoms with Crippen LogP contribution in [0.1, 0.15) is 45.1 Å². The number of anilines is 1. The molecule has 0 aromatic carbocycles. The first-order valence-electron chi connectivity index (χ1n) is 7.62. The first kappa shape index (κ1) is 14.3. The Morgan fingerprint density at radius 1 is 1.32 bits per heavy atom. The maximum absolute atomic E-state index is 5.59. The van der Waals surface area contributed by atoms with Crippen molar-refractivity contribution in [2.24, 2.45) is 11.7 Å². The van der Waals surface area contributed by atoms with Crippen LogP contribution in [0.15, 0.2) is 18.3 Å². The van der Waals surface area contributed by atoms with E-state index in [1.165, 1.54) is 31.2 Å². The Balaban J connectivity index is 2.12. The Kier molecular flexibility index (Phi) is 5.20. The zero-order valence-electron chi connectivity index (χ0n) is 12.3. The van der Waals surface area contributed by atoms with Gasteiger partial charge in [-0.05, 0) is 43.4 Å². The molecule has 0 bridgehead atoms. The lowest BCUT2D eigenvalue weighted by Gasteiger charge is -2.31. The minimum absolute atomic E-state index is 0.672. The number of nitrogens with two attached hydrogens (primary N) is 1. The Morgan fingerprint density at radius 3 is 2.58 bits per heavy atom. The van der Waals surface area contributed by atoms with Crippen LogP contribution in [0.5, 0.6) is 0 Å². The van der Waals surface area contributed by atoms with Crippen LogP contribution in [0, 0.1) is 5.92 Å². The molecular weight excluding hydrogens is 234 g/mol. The van der Waals surface area contributed by atoms with Crippen molar-refractivity contribution >= 4 is 5.82 Å². The summed E-state index contributed by atoms with van der Waals surface area (Å²) in [5.74, 6) is 1.81. The summed E-state index contributed by atoms with van der Waals surface area (Å²) < 4.78 is 0. The second kappa shape index (κ2) is 6.90. The average Bonchev–Trinajstić information content (AvgIpc) is 2.91. The maximum Gasteiger partial charge on any atom is 0.128 e. The minimum Gasteiger partial charge on any atom is -0.353 e. The molecule has 19 heavy (non-hydrogen) atoms. The van der Waals surface area contributed by atoms with Gasteiger partial charge in [-0.1, -0.05) is 32.8 Å². The van der Waals surface area contributed by atoms with Crippen molar-refractivity contribution < 1.29 is 0 Å². The zero-order valence-corrected chi connectivity index (χ0v) is 12.3. The summed E-state index contributed by atoms with van der Waals surface area (Å²) in [7, 11) is 0. The van der Waals surface area contributed by atoms with E-state index in [2.05, 4.69) is 35.9 Å². The second-order valence-electron chi connectivity index (χ2n) is 6.05. The molecule has 0 saturated heterocycles. The number of nitrogens with zero attached hydrogens (tertiary/aromatic N) is 2. The number of pyridine rings is 1. The van der Waals surface area contributed by atoms with Crippen molar-refractivity contribution in [2.75, 3.05) is 18.0 Å². The lowest BCUT2D eigenvalue weighted by Crippen LogP contribution is -2.36. The molecule has 1 heterocycles. The molecule has 0 aliphatic heterocycles. The van der Waals surface area contributed by atoms with E-state index in [1.807, 2.05) is 6.20 Å². The van der Waals surface area contributed by atoms with Crippen LogP contribution >= 0.6 is 0 Å². The van der Waals surface area contributed by atoms with Gasteiger partial charge in [-0.15, -0.1) is 0 Å². The minimum atomic E-state index is 0.672. The molecule has 0 atom stereocenters. The third-order valence-corrected chi connectivity index (χ3v) is 3.86. The molecule has 2 rings (SSSR count). The lowest BCUT2D eigenvalue weighted by atomic mass is 10.1. The molecule has 3 heteroatoms. The van der Waals surface area contributed by atoms with Gasteiger partial charge in [-0.3, -0.25) is 0 Å². The fraction of sp³-hybridized carbons (Fsp3) is 0.688. The molecule has 106 valence electrons. The summed E-state index contributed by atoms with van der Waals surface area (Å²) in [5.41, 5.74) is 6.82. The van der Waals surface area contributed by atoms with Gasteiger partial charge in [0.2, 0.25) is 0 Å². The molecule has 0 spiro atoms. The molecule has 3 nitrogen and oxygen atoms in total. The topological polar surface area (TPSA) is 42.1 Å². The fourth-order valence-electron chi connectivity index (χ4n) is 2.94. The van der Waals surface area contributed by atoms with Crippen molar-refractivity contribution in [3.63, 3.8) is 0 Å². The molecule has 1 aromatic rings. The van der Waals surface area contributed by atoms with Crippen molar-refractivity contribution in [3.8, 4) is 0 Å². The van der Waals surface area contributed by atoms with Crippen LogP contribution in [0.3, 0.4) is 0 Å². The molecule has 1 saturated carbocycles. The molecule has 0 unspecified atom stereocenters. The van der Waals surface area contributed by atoms with E-state index in [1.54, 1.807) is 0 Å². The molecule has 1 fully saturated rings. The summed E-state index contributed by atoms with van der Waals surface area (Å²) in [6.45, 7) is 6.36. The van der Waals surface area contributed by atoms with Gasteiger partial charge in [0.25, 0.3) is 0 Å². The van der Waals surface area contributed by atoms with Gasteiger partial charge in [0.15, 0.2) is 0 Å². The Morgan fingerprint density at radius 2 is 2.05 bits per heavy atom. The smallest absolute Gasteiger partial charge is 0.128 e. The van der Waals surface area contributed by atoms with Gasteiger partial charge in [-0.2, -0.15) is 0 Å². The van der Waals surface area contributed by atoms with E-state index in [0.29, 0.717) is 18.5 Å². The van der Waals surface area contributed by atoms with Gasteiger partial charge in [0, 0.05) is 18.8 Å². The van der Waals surface area contributed by atoms with E-state index in [4.69, 9.17) is 5.73 Å².